The number of carbonyl (C=O) groups is 2. The van der Waals surface area contributed by atoms with Crippen LogP contribution in [0, 0.1) is 0 Å². The Morgan fingerprint density at radius 2 is 2.15 bits per heavy atom. The van der Waals surface area contributed by atoms with Crippen molar-refractivity contribution in [2.45, 2.75) is 38.9 Å². The lowest BCUT2D eigenvalue weighted by Gasteiger charge is -2.34. The van der Waals surface area contributed by atoms with E-state index in [1.165, 1.54) is 0 Å². The van der Waals surface area contributed by atoms with Crippen molar-refractivity contribution in [3.63, 3.8) is 0 Å². The second kappa shape index (κ2) is 6.33. The second-order valence-electron chi connectivity index (χ2n) is 6.74. The van der Waals surface area contributed by atoms with Crippen LogP contribution in [-0.4, -0.2) is 42.7 Å². The number of rotatable bonds is 4. The van der Waals surface area contributed by atoms with Crippen LogP contribution in [0.4, 0.5) is 0 Å². The molecular weight excluding hydrogens is 332 g/mol. The first-order chi connectivity index (χ1) is 12.5. The van der Waals surface area contributed by atoms with Gasteiger partial charge in [-0.3, -0.25) is 9.48 Å². The maximum absolute atomic E-state index is 12.8. The van der Waals surface area contributed by atoms with Crippen LogP contribution in [0.5, 0.6) is 0 Å². The Bertz CT molecular complexity index is 988. The first kappa shape index (κ1) is 16.4. The van der Waals surface area contributed by atoms with E-state index in [0.29, 0.717) is 25.9 Å². The van der Waals surface area contributed by atoms with Gasteiger partial charge in [0.1, 0.15) is 0 Å². The molecule has 1 atom stereocenters. The number of benzene rings is 1. The fraction of sp³-hybridized carbons (Fsp3) is 0.316. The Morgan fingerprint density at radius 3 is 2.96 bits per heavy atom. The molecule has 4 rings (SSSR count). The van der Waals surface area contributed by atoms with Gasteiger partial charge in [-0.1, -0.05) is 18.2 Å². The first-order valence-electron chi connectivity index (χ1n) is 8.67. The largest absolute Gasteiger partial charge is 0.476 e. The number of carboxylic acids is 1. The summed E-state index contributed by atoms with van der Waals surface area (Å²) in [6, 6.07) is 9.59. The van der Waals surface area contributed by atoms with Crippen molar-refractivity contribution in [1.82, 2.24) is 19.7 Å². The Labute approximate surface area is 150 Å². The van der Waals surface area contributed by atoms with E-state index in [-0.39, 0.29) is 17.6 Å². The van der Waals surface area contributed by atoms with Crippen LogP contribution in [0.15, 0.2) is 36.5 Å². The summed E-state index contributed by atoms with van der Waals surface area (Å²) in [5, 5.41) is 14.3. The number of carbonyl (C=O) groups excluding carboxylic acids is 1. The predicted molar refractivity (Wildman–Crippen MR) is 95.8 cm³/mol. The summed E-state index contributed by atoms with van der Waals surface area (Å²) in [6.07, 6.45) is 3.06. The molecule has 1 aliphatic rings. The van der Waals surface area contributed by atoms with Gasteiger partial charge in [0.2, 0.25) is 5.91 Å². The van der Waals surface area contributed by atoms with Crippen LogP contribution in [0.25, 0.3) is 10.9 Å². The minimum absolute atomic E-state index is 0.0143. The molecule has 0 bridgehead atoms. The number of hydrogen-bond acceptors (Lipinski definition) is 3. The van der Waals surface area contributed by atoms with Gasteiger partial charge in [0.15, 0.2) is 5.69 Å². The molecule has 1 amide bonds. The minimum atomic E-state index is -1.04. The molecule has 0 saturated heterocycles. The highest BCUT2D eigenvalue weighted by atomic mass is 16.4. The van der Waals surface area contributed by atoms with Crippen molar-refractivity contribution in [3.05, 3.63) is 53.5 Å². The van der Waals surface area contributed by atoms with E-state index in [1.54, 1.807) is 10.7 Å². The molecule has 3 heterocycles. The van der Waals surface area contributed by atoms with Gasteiger partial charge in [0.05, 0.1) is 18.8 Å². The lowest BCUT2D eigenvalue weighted by atomic mass is 10.1. The van der Waals surface area contributed by atoms with Crippen LogP contribution in [0.3, 0.4) is 0 Å². The number of nitrogens with one attached hydrogen (secondary N) is 1. The van der Waals surface area contributed by atoms with Crippen molar-refractivity contribution < 1.29 is 14.7 Å². The maximum Gasteiger partial charge on any atom is 0.356 e. The molecular formula is C19H20N4O3. The van der Waals surface area contributed by atoms with Gasteiger partial charge in [-0.05, 0) is 31.0 Å². The lowest BCUT2D eigenvalue weighted by molar-refractivity contribution is -0.135. The molecule has 2 aromatic heterocycles. The molecule has 0 radical (unpaired) electrons. The van der Waals surface area contributed by atoms with E-state index in [1.807, 2.05) is 36.2 Å². The van der Waals surface area contributed by atoms with Gasteiger partial charge in [-0.25, -0.2) is 4.79 Å². The van der Waals surface area contributed by atoms with Crippen molar-refractivity contribution in [2.24, 2.45) is 0 Å². The van der Waals surface area contributed by atoms with Gasteiger partial charge in [0.25, 0.3) is 0 Å². The van der Waals surface area contributed by atoms with Crippen molar-refractivity contribution in [1.29, 1.82) is 0 Å². The number of fused-ring (bicyclic) bond motifs is 2. The average Bonchev–Trinajstić information content (AvgIpc) is 3.22. The van der Waals surface area contributed by atoms with Crippen molar-refractivity contribution in [3.8, 4) is 0 Å². The van der Waals surface area contributed by atoms with E-state index in [2.05, 4.69) is 16.1 Å². The molecule has 2 N–H and O–H groups in total. The highest BCUT2D eigenvalue weighted by molar-refractivity contribution is 5.86. The molecule has 7 nitrogen and oxygen atoms in total. The molecule has 134 valence electrons. The topological polar surface area (TPSA) is 91.2 Å². The number of aromatic carboxylic acids is 1. The smallest absolute Gasteiger partial charge is 0.356 e. The molecule has 0 spiro atoms. The van der Waals surface area contributed by atoms with Crippen LogP contribution in [-0.2, 0) is 24.3 Å². The van der Waals surface area contributed by atoms with Crippen LogP contribution < -0.4 is 0 Å². The van der Waals surface area contributed by atoms with E-state index in [4.69, 9.17) is 5.11 Å². The van der Waals surface area contributed by atoms with Crippen molar-refractivity contribution in [2.75, 3.05) is 0 Å². The standard InChI is InChI=1S/C19H20N4O3/c1-12-10-23-14(8-17(21-23)19(25)26)11-22(12)18(24)7-6-13-9-20-16-5-3-2-4-15(13)16/h2-5,8-9,12,20H,6-7,10-11H2,1H3,(H,25,26). The number of hydrogen-bond donors (Lipinski definition) is 2. The van der Waals surface area contributed by atoms with Gasteiger partial charge in [0, 0.05) is 29.6 Å². The van der Waals surface area contributed by atoms with Gasteiger partial charge in [-0.2, -0.15) is 5.10 Å². The summed E-state index contributed by atoms with van der Waals surface area (Å²) >= 11 is 0. The number of carboxylic acid groups (broad SMARTS) is 1. The highest BCUT2D eigenvalue weighted by Gasteiger charge is 2.28. The van der Waals surface area contributed by atoms with E-state index in [9.17, 15) is 9.59 Å². The summed E-state index contributed by atoms with van der Waals surface area (Å²) in [6.45, 7) is 2.88. The summed E-state index contributed by atoms with van der Waals surface area (Å²) in [4.78, 5) is 28.9. The van der Waals surface area contributed by atoms with Crippen LogP contribution in [0.2, 0.25) is 0 Å². The zero-order valence-electron chi connectivity index (χ0n) is 14.5. The summed E-state index contributed by atoms with van der Waals surface area (Å²) in [7, 11) is 0. The molecule has 26 heavy (non-hydrogen) atoms. The monoisotopic (exact) mass is 352 g/mol. The third-order valence-corrected chi connectivity index (χ3v) is 4.99. The first-order valence-corrected chi connectivity index (χ1v) is 8.67. The van der Waals surface area contributed by atoms with E-state index >= 15 is 0 Å². The molecule has 0 aliphatic carbocycles. The molecule has 7 heteroatoms. The molecule has 0 fully saturated rings. The Hall–Kier alpha value is -3.09. The van der Waals surface area contributed by atoms with E-state index < -0.39 is 5.97 Å². The molecule has 1 aliphatic heterocycles. The number of amides is 1. The zero-order valence-corrected chi connectivity index (χ0v) is 14.5. The van der Waals surface area contributed by atoms with Gasteiger partial charge >= 0.3 is 5.97 Å². The van der Waals surface area contributed by atoms with E-state index in [0.717, 1.165) is 22.2 Å². The maximum atomic E-state index is 12.8. The molecule has 3 aromatic rings. The third-order valence-electron chi connectivity index (χ3n) is 4.99. The highest BCUT2D eigenvalue weighted by Crippen LogP contribution is 2.22. The third kappa shape index (κ3) is 2.85. The normalized spacial score (nSPS) is 16.7. The van der Waals surface area contributed by atoms with Crippen LogP contribution >= 0.6 is 0 Å². The fourth-order valence-corrected chi connectivity index (χ4v) is 3.58. The van der Waals surface area contributed by atoms with Gasteiger partial charge in [-0.15, -0.1) is 0 Å². The summed E-state index contributed by atoms with van der Waals surface area (Å²) in [5.74, 6) is -0.969. The fourth-order valence-electron chi connectivity index (χ4n) is 3.58. The quantitative estimate of drug-likeness (QED) is 0.754. The zero-order chi connectivity index (χ0) is 18.3. The Kier molecular flexibility index (Phi) is 3.99. The van der Waals surface area contributed by atoms with Crippen LogP contribution in [0.1, 0.15) is 35.1 Å². The van der Waals surface area contributed by atoms with Crippen molar-refractivity contribution >= 4 is 22.8 Å². The summed E-state index contributed by atoms with van der Waals surface area (Å²) < 4.78 is 1.69. The number of para-hydroxylation sites is 1. The SMILES string of the molecule is CC1Cn2nc(C(=O)O)cc2CN1C(=O)CCc1c[nH]c2ccccc12. The number of aromatic nitrogens is 3. The molecule has 1 aromatic carbocycles. The number of aromatic amines is 1. The lowest BCUT2D eigenvalue weighted by Crippen LogP contribution is -2.45. The number of nitrogens with zero attached hydrogens (tertiary/aromatic N) is 3. The summed E-state index contributed by atoms with van der Waals surface area (Å²) in [5.41, 5.74) is 3.00. The Morgan fingerprint density at radius 1 is 1.35 bits per heavy atom. The minimum Gasteiger partial charge on any atom is -0.476 e. The second-order valence-corrected chi connectivity index (χ2v) is 6.74. The molecule has 1 unspecified atom stereocenters. The average molecular weight is 352 g/mol. The number of aryl methyl sites for hydroxylation is 1. The van der Waals surface area contributed by atoms with Gasteiger partial charge < -0.3 is 15.0 Å². The molecule has 0 saturated carbocycles. The predicted octanol–water partition coefficient (Wildman–Crippen LogP) is 2.43. The number of H-pyrrole nitrogens is 1. The Balaban J connectivity index is 1.46.